The number of carbonyl (C=O) groups is 1. The number of halogens is 3. The molecule has 32 heavy (non-hydrogen) atoms. The summed E-state index contributed by atoms with van der Waals surface area (Å²) in [5.41, 5.74) is 4.54. The second-order valence-corrected chi connectivity index (χ2v) is 8.44. The predicted molar refractivity (Wildman–Crippen MR) is 122 cm³/mol. The molecule has 0 saturated carbocycles. The molecule has 1 atom stereocenters. The van der Waals surface area contributed by atoms with Gasteiger partial charge in [0.25, 0.3) is 0 Å². The molecule has 2 heterocycles. The molecular weight excluding hydrogens is 432 g/mol. The van der Waals surface area contributed by atoms with Gasteiger partial charge in [-0.05, 0) is 72.5 Å². The quantitative estimate of drug-likeness (QED) is 0.355. The minimum Gasteiger partial charge on any atom is -0.356 e. The number of rotatable bonds is 2. The predicted octanol–water partition coefficient (Wildman–Crippen LogP) is 6.59. The summed E-state index contributed by atoms with van der Waals surface area (Å²) in [6.45, 7) is 2.11. The Morgan fingerprint density at radius 3 is 2.62 bits per heavy atom. The molecule has 0 saturated heterocycles. The number of fused-ring (bicyclic) bond motifs is 3. The summed E-state index contributed by atoms with van der Waals surface area (Å²) >= 11 is 6.22. The maximum absolute atomic E-state index is 14.0. The van der Waals surface area contributed by atoms with E-state index >= 15 is 0 Å². The third kappa shape index (κ3) is 3.60. The Labute approximate surface area is 188 Å². The van der Waals surface area contributed by atoms with Gasteiger partial charge in [-0.1, -0.05) is 29.8 Å². The normalized spacial score (nSPS) is 15.6. The lowest BCUT2D eigenvalue weighted by Gasteiger charge is -2.36. The Morgan fingerprint density at radius 1 is 1.09 bits per heavy atom. The Bertz CT molecular complexity index is 1330. The van der Waals surface area contributed by atoms with Gasteiger partial charge in [0.2, 0.25) is 0 Å². The summed E-state index contributed by atoms with van der Waals surface area (Å²) in [5, 5.41) is 4.45. The highest BCUT2D eigenvalue weighted by atomic mass is 35.5. The van der Waals surface area contributed by atoms with Crippen LogP contribution in [0.5, 0.6) is 0 Å². The average Bonchev–Trinajstić information content (AvgIpc) is 3.14. The van der Waals surface area contributed by atoms with Crippen LogP contribution < -0.4 is 5.32 Å². The van der Waals surface area contributed by atoms with Crippen molar-refractivity contribution < 1.29 is 13.6 Å². The van der Waals surface area contributed by atoms with Crippen LogP contribution in [0.2, 0.25) is 5.02 Å². The molecule has 3 aromatic carbocycles. The third-order valence-electron chi connectivity index (χ3n) is 5.96. The molecule has 0 spiro atoms. The summed E-state index contributed by atoms with van der Waals surface area (Å²) in [6.07, 6.45) is 0.628. The number of hydrogen-bond donors (Lipinski definition) is 2. The highest BCUT2D eigenvalue weighted by molar-refractivity contribution is 6.31. The summed E-state index contributed by atoms with van der Waals surface area (Å²) < 4.78 is 27.6. The first-order chi connectivity index (χ1) is 15.4. The summed E-state index contributed by atoms with van der Waals surface area (Å²) in [7, 11) is 0. The van der Waals surface area contributed by atoms with Crippen LogP contribution in [0.4, 0.5) is 19.3 Å². The monoisotopic (exact) mass is 451 g/mol. The van der Waals surface area contributed by atoms with Crippen molar-refractivity contribution >= 4 is 34.2 Å². The molecule has 1 aromatic heterocycles. The van der Waals surface area contributed by atoms with E-state index in [4.69, 9.17) is 11.6 Å². The number of nitrogens with zero attached hydrogens (tertiary/aromatic N) is 1. The van der Waals surface area contributed by atoms with Gasteiger partial charge in [0, 0.05) is 33.9 Å². The number of aromatic amines is 1. The van der Waals surface area contributed by atoms with Crippen molar-refractivity contribution in [3.63, 3.8) is 0 Å². The van der Waals surface area contributed by atoms with Gasteiger partial charge in [0.1, 0.15) is 11.6 Å². The second kappa shape index (κ2) is 7.95. The molecule has 1 aliphatic heterocycles. The first kappa shape index (κ1) is 20.5. The zero-order valence-electron chi connectivity index (χ0n) is 17.3. The van der Waals surface area contributed by atoms with Crippen LogP contribution in [0.1, 0.15) is 28.4 Å². The molecular formula is C25H20ClF2N3O. The molecule has 1 unspecified atom stereocenters. The first-order valence-electron chi connectivity index (χ1n) is 10.3. The minimum absolute atomic E-state index is 0.348. The maximum Gasteiger partial charge on any atom is 0.322 e. The largest absolute Gasteiger partial charge is 0.356 e. The van der Waals surface area contributed by atoms with Crippen LogP contribution in [0.15, 0.2) is 60.7 Å². The Balaban J connectivity index is 1.57. The van der Waals surface area contributed by atoms with Crippen LogP contribution in [-0.4, -0.2) is 22.5 Å². The molecule has 5 rings (SSSR count). The lowest BCUT2D eigenvalue weighted by Crippen LogP contribution is -2.43. The van der Waals surface area contributed by atoms with Crippen LogP contribution in [0.25, 0.3) is 10.9 Å². The molecule has 2 N–H and O–H groups in total. The van der Waals surface area contributed by atoms with E-state index in [9.17, 15) is 13.6 Å². The van der Waals surface area contributed by atoms with Crippen molar-refractivity contribution in [1.82, 2.24) is 9.88 Å². The molecule has 7 heteroatoms. The number of carbonyl (C=O) groups excluding carboxylic acids is 1. The molecule has 4 nitrogen and oxygen atoms in total. The van der Waals surface area contributed by atoms with E-state index in [1.54, 1.807) is 36.1 Å². The van der Waals surface area contributed by atoms with Gasteiger partial charge in [0.05, 0.1) is 6.04 Å². The van der Waals surface area contributed by atoms with E-state index in [-0.39, 0.29) is 17.7 Å². The van der Waals surface area contributed by atoms with Crippen LogP contribution in [0.3, 0.4) is 0 Å². The van der Waals surface area contributed by atoms with Gasteiger partial charge in [-0.25, -0.2) is 13.6 Å². The average molecular weight is 452 g/mol. The number of nitrogens with one attached hydrogen (secondary N) is 2. The molecule has 0 bridgehead atoms. The van der Waals surface area contributed by atoms with Crippen molar-refractivity contribution in [2.24, 2.45) is 0 Å². The molecule has 0 radical (unpaired) electrons. The molecule has 0 fully saturated rings. The van der Waals surface area contributed by atoms with Gasteiger partial charge in [-0.2, -0.15) is 0 Å². The van der Waals surface area contributed by atoms with Gasteiger partial charge < -0.3 is 15.2 Å². The van der Waals surface area contributed by atoms with Gasteiger partial charge in [-0.15, -0.1) is 0 Å². The smallest absolute Gasteiger partial charge is 0.322 e. The fourth-order valence-corrected chi connectivity index (χ4v) is 4.51. The number of urea groups is 1. The highest BCUT2D eigenvalue weighted by Gasteiger charge is 2.34. The van der Waals surface area contributed by atoms with Crippen LogP contribution >= 0.6 is 11.6 Å². The number of anilines is 1. The molecule has 0 aliphatic carbocycles. The SMILES string of the molecule is Cc1ccc(NC(=O)N2CCc3c([nH]c4ccc(Cl)cc34)C2c2ccc(F)cc2)cc1F. The zero-order valence-corrected chi connectivity index (χ0v) is 18.0. The number of benzene rings is 3. The standard InChI is InChI=1S/C25H20ClF2N3O/c1-14-2-8-18(13-21(14)28)29-25(32)31-11-10-19-20-12-16(26)5-9-22(20)30-23(19)24(31)15-3-6-17(27)7-4-15/h2-9,12-13,24,30H,10-11H2,1H3,(H,29,32). The van der Waals surface area contributed by atoms with E-state index in [1.807, 2.05) is 18.2 Å². The lowest BCUT2D eigenvalue weighted by atomic mass is 9.92. The first-order valence-corrected chi connectivity index (χ1v) is 10.7. The zero-order chi connectivity index (χ0) is 22.4. The summed E-state index contributed by atoms with van der Waals surface area (Å²) in [5.74, 6) is -0.731. The van der Waals surface area contributed by atoms with Crippen LogP contribution in [0, 0.1) is 18.6 Å². The number of H-pyrrole nitrogens is 1. The molecule has 2 amide bonds. The second-order valence-electron chi connectivity index (χ2n) is 8.00. The minimum atomic E-state index is -0.458. The van der Waals surface area contributed by atoms with E-state index in [2.05, 4.69) is 10.3 Å². The van der Waals surface area contributed by atoms with E-state index in [1.165, 1.54) is 18.2 Å². The summed E-state index contributed by atoms with van der Waals surface area (Å²) in [6, 6.07) is 15.6. The van der Waals surface area contributed by atoms with Crippen molar-refractivity contribution in [2.45, 2.75) is 19.4 Å². The van der Waals surface area contributed by atoms with Crippen LogP contribution in [-0.2, 0) is 6.42 Å². The van der Waals surface area contributed by atoms with E-state index in [0.29, 0.717) is 29.2 Å². The Kier molecular flexibility index (Phi) is 5.10. The molecule has 1 aliphatic rings. The third-order valence-corrected chi connectivity index (χ3v) is 6.19. The van der Waals surface area contributed by atoms with Gasteiger partial charge in [-0.3, -0.25) is 0 Å². The van der Waals surface area contributed by atoms with E-state index < -0.39 is 6.04 Å². The summed E-state index contributed by atoms with van der Waals surface area (Å²) in [4.78, 5) is 18.4. The highest BCUT2D eigenvalue weighted by Crippen LogP contribution is 2.39. The lowest BCUT2D eigenvalue weighted by molar-refractivity contribution is 0.193. The number of hydrogen-bond acceptors (Lipinski definition) is 1. The number of aryl methyl sites for hydroxylation is 1. The van der Waals surface area contributed by atoms with Crippen molar-refractivity contribution in [3.05, 3.63) is 99.7 Å². The van der Waals surface area contributed by atoms with Crippen molar-refractivity contribution in [1.29, 1.82) is 0 Å². The molecule has 162 valence electrons. The Morgan fingerprint density at radius 2 is 1.88 bits per heavy atom. The molecule has 4 aromatic rings. The number of amides is 2. The van der Waals surface area contributed by atoms with Gasteiger partial charge in [0.15, 0.2) is 0 Å². The Hall–Kier alpha value is -3.38. The van der Waals surface area contributed by atoms with Crippen molar-refractivity contribution in [2.75, 3.05) is 11.9 Å². The fourth-order valence-electron chi connectivity index (χ4n) is 4.34. The topological polar surface area (TPSA) is 48.1 Å². The maximum atomic E-state index is 14.0. The van der Waals surface area contributed by atoms with E-state index in [0.717, 1.165) is 27.7 Å². The van der Waals surface area contributed by atoms with Gasteiger partial charge >= 0.3 is 6.03 Å². The number of aromatic nitrogens is 1. The van der Waals surface area contributed by atoms with Crippen molar-refractivity contribution in [3.8, 4) is 0 Å². The fraction of sp³-hybridized carbons (Fsp3) is 0.160.